The Morgan fingerprint density at radius 3 is 2.50 bits per heavy atom. The predicted molar refractivity (Wildman–Crippen MR) is 66.9 cm³/mol. The molecule has 0 aromatic rings. The van der Waals surface area contributed by atoms with Gasteiger partial charge in [0.2, 0.25) is 0 Å². The van der Waals surface area contributed by atoms with Crippen molar-refractivity contribution in [3.05, 3.63) is 11.8 Å². The highest BCUT2D eigenvalue weighted by atomic mass is 16.6. The van der Waals surface area contributed by atoms with Crippen LogP contribution < -0.4 is 0 Å². The standard InChI is InChI=1S/C13H21NO4/c1-9-11(17-10(2)15)7-6-8-14(9)12(16)18-13(3,4)5/h7,9H,6,8H2,1-5H3. The molecule has 1 rings (SSSR count). The van der Waals surface area contributed by atoms with Gasteiger partial charge in [0.15, 0.2) is 0 Å². The predicted octanol–water partition coefficient (Wildman–Crippen LogP) is 2.46. The van der Waals surface area contributed by atoms with Crippen molar-refractivity contribution in [1.82, 2.24) is 4.90 Å². The maximum Gasteiger partial charge on any atom is 0.410 e. The van der Waals surface area contributed by atoms with Gasteiger partial charge in [0.1, 0.15) is 11.4 Å². The van der Waals surface area contributed by atoms with Crippen LogP contribution in [0.25, 0.3) is 0 Å². The first kappa shape index (κ1) is 14.5. The summed E-state index contributed by atoms with van der Waals surface area (Å²) in [7, 11) is 0. The molecule has 1 amide bonds. The van der Waals surface area contributed by atoms with E-state index in [1.54, 1.807) is 4.90 Å². The minimum atomic E-state index is -0.528. The second-order valence-electron chi connectivity index (χ2n) is 5.34. The Balaban J connectivity index is 2.72. The summed E-state index contributed by atoms with van der Waals surface area (Å²) in [5.41, 5.74) is -0.528. The van der Waals surface area contributed by atoms with E-state index in [1.807, 2.05) is 33.8 Å². The van der Waals surface area contributed by atoms with Crippen molar-refractivity contribution in [2.45, 2.75) is 52.7 Å². The second kappa shape index (κ2) is 5.42. The monoisotopic (exact) mass is 255 g/mol. The number of rotatable bonds is 1. The zero-order chi connectivity index (χ0) is 13.9. The first-order valence-electron chi connectivity index (χ1n) is 6.09. The number of carbonyl (C=O) groups excluding carboxylic acids is 2. The van der Waals surface area contributed by atoms with E-state index < -0.39 is 5.60 Å². The van der Waals surface area contributed by atoms with E-state index in [-0.39, 0.29) is 18.1 Å². The van der Waals surface area contributed by atoms with Gasteiger partial charge in [-0.05, 0) is 40.2 Å². The number of amides is 1. The van der Waals surface area contributed by atoms with E-state index in [4.69, 9.17) is 9.47 Å². The summed E-state index contributed by atoms with van der Waals surface area (Å²) >= 11 is 0. The number of ether oxygens (including phenoxy) is 2. The third kappa shape index (κ3) is 4.05. The smallest absolute Gasteiger partial charge is 0.410 e. The van der Waals surface area contributed by atoms with Crippen LogP contribution in [0.15, 0.2) is 11.8 Å². The van der Waals surface area contributed by atoms with Gasteiger partial charge in [0.25, 0.3) is 0 Å². The van der Waals surface area contributed by atoms with Gasteiger partial charge in [0.05, 0.1) is 6.04 Å². The SMILES string of the molecule is CC(=O)OC1=CCCN(C(=O)OC(C)(C)C)C1C. The molecule has 1 aliphatic rings. The summed E-state index contributed by atoms with van der Waals surface area (Å²) in [6.45, 7) is 9.20. The second-order valence-corrected chi connectivity index (χ2v) is 5.34. The zero-order valence-electron chi connectivity index (χ0n) is 11.6. The third-order valence-electron chi connectivity index (χ3n) is 2.48. The number of nitrogens with zero attached hydrogens (tertiary/aromatic N) is 1. The average molecular weight is 255 g/mol. The van der Waals surface area contributed by atoms with Crippen LogP contribution in [-0.2, 0) is 14.3 Å². The zero-order valence-corrected chi connectivity index (χ0v) is 11.6. The molecule has 1 atom stereocenters. The quantitative estimate of drug-likeness (QED) is 0.675. The fourth-order valence-corrected chi connectivity index (χ4v) is 1.73. The molecule has 0 radical (unpaired) electrons. The lowest BCUT2D eigenvalue weighted by Gasteiger charge is -2.34. The number of carbonyl (C=O) groups is 2. The molecule has 0 spiro atoms. The van der Waals surface area contributed by atoms with E-state index in [2.05, 4.69) is 0 Å². The van der Waals surface area contributed by atoms with Gasteiger partial charge in [-0.2, -0.15) is 0 Å². The summed E-state index contributed by atoms with van der Waals surface area (Å²) in [6.07, 6.45) is 2.12. The van der Waals surface area contributed by atoms with Crippen molar-refractivity contribution in [3.8, 4) is 0 Å². The topological polar surface area (TPSA) is 55.8 Å². The lowest BCUT2D eigenvalue weighted by Crippen LogP contribution is -2.45. The van der Waals surface area contributed by atoms with E-state index in [0.717, 1.165) is 0 Å². The van der Waals surface area contributed by atoms with Crippen LogP contribution in [0.1, 0.15) is 41.0 Å². The van der Waals surface area contributed by atoms with Crippen LogP contribution in [0, 0.1) is 0 Å². The number of esters is 1. The first-order valence-corrected chi connectivity index (χ1v) is 6.09. The number of hydrogen-bond acceptors (Lipinski definition) is 4. The van der Waals surface area contributed by atoms with Gasteiger partial charge >= 0.3 is 12.1 Å². The van der Waals surface area contributed by atoms with E-state index in [9.17, 15) is 9.59 Å². The van der Waals surface area contributed by atoms with E-state index >= 15 is 0 Å². The summed E-state index contributed by atoms with van der Waals surface area (Å²) in [5, 5.41) is 0. The van der Waals surface area contributed by atoms with Gasteiger partial charge < -0.3 is 9.47 Å². The van der Waals surface area contributed by atoms with Crippen molar-refractivity contribution in [2.24, 2.45) is 0 Å². The highest BCUT2D eigenvalue weighted by Crippen LogP contribution is 2.21. The molecule has 0 aromatic carbocycles. The van der Waals surface area contributed by atoms with Crippen LogP contribution in [0.3, 0.4) is 0 Å². The summed E-state index contributed by atoms with van der Waals surface area (Å²) in [5.74, 6) is 0.138. The van der Waals surface area contributed by atoms with Crippen LogP contribution in [0.5, 0.6) is 0 Å². The van der Waals surface area contributed by atoms with Crippen LogP contribution >= 0.6 is 0 Å². The molecular formula is C13H21NO4. The molecule has 0 saturated carbocycles. The lowest BCUT2D eigenvalue weighted by atomic mass is 10.1. The Kier molecular flexibility index (Phi) is 4.38. The van der Waals surface area contributed by atoms with Crippen LogP contribution in [0.4, 0.5) is 4.79 Å². The molecule has 1 unspecified atom stereocenters. The molecule has 0 fully saturated rings. The molecular weight excluding hydrogens is 234 g/mol. The summed E-state index contributed by atoms with van der Waals surface area (Å²) in [6, 6.07) is -0.280. The largest absolute Gasteiger partial charge is 0.444 e. The molecule has 5 nitrogen and oxygen atoms in total. The maximum absolute atomic E-state index is 12.0. The van der Waals surface area contributed by atoms with Crippen LogP contribution in [0.2, 0.25) is 0 Å². The van der Waals surface area contributed by atoms with Gasteiger partial charge in [-0.15, -0.1) is 0 Å². The van der Waals surface area contributed by atoms with Gasteiger partial charge in [-0.25, -0.2) is 4.79 Å². The minimum absolute atomic E-state index is 0.280. The molecule has 0 bridgehead atoms. The van der Waals surface area contributed by atoms with Crippen molar-refractivity contribution in [2.75, 3.05) is 6.54 Å². The molecule has 0 aliphatic carbocycles. The van der Waals surface area contributed by atoms with E-state index in [1.165, 1.54) is 6.92 Å². The summed E-state index contributed by atoms with van der Waals surface area (Å²) < 4.78 is 10.4. The normalized spacial score (nSPS) is 20.2. The molecule has 18 heavy (non-hydrogen) atoms. The molecule has 5 heteroatoms. The third-order valence-corrected chi connectivity index (χ3v) is 2.48. The molecule has 0 N–H and O–H groups in total. The highest BCUT2D eigenvalue weighted by Gasteiger charge is 2.31. The lowest BCUT2D eigenvalue weighted by molar-refractivity contribution is -0.138. The van der Waals surface area contributed by atoms with Crippen molar-refractivity contribution in [1.29, 1.82) is 0 Å². The highest BCUT2D eigenvalue weighted by molar-refractivity contribution is 5.70. The Morgan fingerprint density at radius 1 is 1.39 bits per heavy atom. The first-order chi connectivity index (χ1) is 8.20. The molecule has 102 valence electrons. The van der Waals surface area contributed by atoms with E-state index in [0.29, 0.717) is 18.7 Å². The fraction of sp³-hybridized carbons (Fsp3) is 0.692. The fourth-order valence-electron chi connectivity index (χ4n) is 1.73. The molecule has 1 heterocycles. The Hall–Kier alpha value is -1.52. The molecule has 1 aliphatic heterocycles. The van der Waals surface area contributed by atoms with Gasteiger partial charge in [0, 0.05) is 13.5 Å². The average Bonchev–Trinajstić information content (AvgIpc) is 2.17. The van der Waals surface area contributed by atoms with Gasteiger partial charge in [-0.1, -0.05) is 0 Å². The van der Waals surface area contributed by atoms with Crippen molar-refractivity contribution >= 4 is 12.1 Å². The molecule has 0 saturated heterocycles. The molecule has 0 aromatic heterocycles. The van der Waals surface area contributed by atoms with Gasteiger partial charge in [-0.3, -0.25) is 9.69 Å². The Bertz CT molecular complexity index is 368. The Labute approximate surface area is 108 Å². The van der Waals surface area contributed by atoms with Crippen molar-refractivity contribution < 1.29 is 19.1 Å². The van der Waals surface area contributed by atoms with Crippen molar-refractivity contribution in [3.63, 3.8) is 0 Å². The number of hydrogen-bond donors (Lipinski definition) is 0. The minimum Gasteiger partial charge on any atom is -0.444 e. The van der Waals surface area contributed by atoms with Crippen LogP contribution in [-0.4, -0.2) is 35.2 Å². The maximum atomic E-state index is 12.0. The Morgan fingerprint density at radius 2 is 2.00 bits per heavy atom. The summed E-state index contributed by atoms with van der Waals surface area (Å²) in [4.78, 5) is 24.5.